The van der Waals surface area contributed by atoms with Crippen LogP contribution in [0.25, 0.3) is 0 Å². The van der Waals surface area contributed by atoms with Crippen molar-refractivity contribution < 1.29 is 85.9 Å². The first-order valence-electron chi connectivity index (χ1n) is 40.0. The van der Waals surface area contributed by atoms with Gasteiger partial charge in [0, 0.05) is 206 Å². The zero-order valence-electron chi connectivity index (χ0n) is 70.2. The summed E-state index contributed by atoms with van der Waals surface area (Å²) in [6, 6.07) is 39.6. The van der Waals surface area contributed by atoms with E-state index in [0.717, 1.165) is 39.7 Å². The van der Waals surface area contributed by atoms with Crippen LogP contribution in [0.5, 0.6) is 23.0 Å². The largest absolute Gasteiger partial charge is 0.493 e. The predicted octanol–water partition coefficient (Wildman–Crippen LogP) is 4.54. The Morgan fingerprint density at radius 3 is 1.08 bits per heavy atom. The molecular formula is C87H117N14O18+. The van der Waals surface area contributed by atoms with Crippen molar-refractivity contribution in [2.45, 2.75) is 67.2 Å². The van der Waals surface area contributed by atoms with E-state index in [-0.39, 0.29) is 197 Å². The predicted molar refractivity (Wildman–Crippen MR) is 450 cm³/mol. The number of hydrogen-bond acceptors (Lipinski definition) is 24. The van der Waals surface area contributed by atoms with Crippen molar-refractivity contribution in [1.29, 1.82) is 0 Å². The van der Waals surface area contributed by atoms with Crippen LogP contribution in [0.15, 0.2) is 127 Å². The van der Waals surface area contributed by atoms with Gasteiger partial charge < -0.3 is 85.5 Å². The van der Waals surface area contributed by atoms with E-state index >= 15 is 0 Å². The average molecular weight is 1650 g/mol. The Bertz CT molecular complexity index is 4250. The summed E-state index contributed by atoms with van der Waals surface area (Å²) in [4.78, 5) is 155. The molecule has 8 N–H and O–H groups in total. The molecule has 0 unspecified atom stereocenters. The van der Waals surface area contributed by atoms with Crippen LogP contribution in [-0.4, -0.2) is 277 Å². The van der Waals surface area contributed by atoms with Gasteiger partial charge >= 0.3 is 17.9 Å². The Kier molecular flexibility index (Phi) is 40.5. The normalized spacial score (nSPS) is 12.9. The molecule has 0 saturated carbocycles. The van der Waals surface area contributed by atoms with Gasteiger partial charge in [0.15, 0.2) is 0 Å². The minimum absolute atomic E-state index is 0.0244. The van der Waals surface area contributed by atoms with Gasteiger partial charge in [-0.15, -0.1) is 0 Å². The molecule has 642 valence electrons. The van der Waals surface area contributed by atoms with Crippen molar-refractivity contribution in [3.8, 4) is 23.0 Å². The summed E-state index contributed by atoms with van der Waals surface area (Å²) in [5.41, 5.74) is 7.77. The molecule has 0 aliphatic carbocycles. The molecule has 0 radical (unpaired) electrons. The summed E-state index contributed by atoms with van der Waals surface area (Å²) in [7, 11) is 8.10. The first-order valence-corrected chi connectivity index (χ1v) is 40.0. The standard InChI is InChI=1S/C87H116N14O18/c1-61-17-11-20-75(84(61)119-66(6)104)87(112)95-43-40-92-82(109)58-100-47-45-98(55-79(106)89-37-16-53-114-60-115-59-113-52-15-36-88-78(105)23-14-54-116-72-34-28-69(29-35-72)83(67-24-30-70(31-25-67)96(7)8)68-26-32-71(33-27-68)97(9)10)44-46-99(56-80(107)90-38-41-93-85(110)73-18-12-21-76(62(73)2)117-64(4)102)48-50-101(51-49-100)57-81(108)91-39-42-94-86(111)74-19-13-22-77(63(74)3)118-65(5)103/h11-13,17-22,24-35H,14-16,23,36-60H2,1-10H3,(H7-,88,89,90,91,92,93,94,95,105,106,107,108,109,110,111,112)/p+1. The summed E-state index contributed by atoms with van der Waals surface area (Å²) >= 11 is 0. The SMILES string of the molecule is CC(=O)Oc1cccc(C(=O)NCCNC(=O)CN2CCN(CC(=O)NCCCOCOCOCCCNC(=O)CCCOc3ccc([C+](c4ccc(N(C)C)cc4)c4ccc(N(C)C)cc4)cc3)CCN(CC(=O)NCCNC(=O)c3cccc(C)c3OC(C)=O)CCN(CC(=O)NCCNC(=O)c3cccc(OC(C)=O)c3C)CC2)c1C. The highest BCUT2D eigenvalue weighted by Gasteiger charge is 2.27. The molecule has 0 spiro atoms. The third-order valence-corrected chi connectivity index (χ3v) is 19.1. The summed E-state index contributed by atoms with van der Waals surface area (Å²) in [5.74, 6) is -2.01. The third kappa shape index (κ3) is 34.2. The van der Waals surface area contributed by atoms with Crippen LogP contribution in [0.2, 0.25) is 0 Å². The second-order valence-electron chi connectivity index (χ2n) is 28.9. The fourth-order valence-corrected chi connectivity index (χ4v) is 12.7. The molecule has 0 aromatic heterocycles. The Morgan fingerprint density at radius 1 is 0.361 bits per heavy atom. The van der Waals surface area contributed by atoms with Crippen LogP contribution in [0, 0.1) is 26.7 Å². The monoisotopic (exact) mass is 1650 g/mol. The van der Waals surface area contributed by atoms with Gasteiger partial charge in [0.05, 0.1) is 74.2 Å². The van der Waals surface area contributed by atoms with E-state index < -0.39 is 35.6 Å². The average Bonchev–Trinajstić information content (AvgIpc) is 0.578. The maximum absolute atomic E-state index is 13.8. The summed E-state index contributed by atoms with van der Waals surface area (Å²) in [5, 5.41) is 22.9. The molecule has 32 nitrogen and oxygen atoms in total. The molecule has 32 heteroatoms. The number of rotatable bonds is 45. The summed E-state index contributed by atoms with van der Waals surface area (Å²) in [6.07, 6.45) is 1.88. The van der Waals surface area contributed by atoms with Gasteiger partial charge in [0.2, 0.25) is 29.5 Å². The number of benzene rings is 6. The zero-order chi connectivity index (χ0) is 86.0. The first kappa shape index (κ1) is 94.6. The Labute approximate surface area is 697 Å². The van der Waals surface area contributed by atoms with E-state index in [2.05, 4.69) is 113 Å². The molecule has 1 aliphatic rings. The molecule has 8 amide bonds. The van der Waals surface area contributed by atoms with Gasteiger partial charge in [-0.25, -0.2) is 0 Å². The molecule has 1 fully saturated rings. The Morgan fingerprint density at radius 2 is 0.697 bits per heavy atom. The second kappa shape index (κ2) is 51.0. The molecular weight excluding hydrogens is 1530 g/mol. The number of anilines is 2. The van der Waals surface area contributed by atoms with E-state index in [4.69, 9.17) is 33.2 Å². The van der Waals surface area contributed by atoms with Gasteiger partial charge in [0.1, 0.15) is 36.6 Å². The number of nitrogens with one attached hydrogen (secondary N) is 8. The van der Waals surface area contributed by atoms with Gasteiger partial charge in [-0.3, -0.25) is 72.3 Å². The van der Waals surface area contributed by atoms with Gasteiger partial charge in [-0.05, 0) is 137 Å². The van der Waals surface area contributed by atoms with Crippen LogP contribution in [0.4, 0.5) is 11.4 Å². The highest BCUT2D eigenvalue weighted by molar-refractivity contribution is 5.99. The molecule has 1 aliphatic heterocycles. The van der Waals surface area contributed by atoms with Crippen LogP contribution >= 0.6 is 0 Å². The molecule has 1 saturated heterocycles. The van der Waals surface area contributed by atoms with Crippen molar-refractivity contribution in [1.82, 2.24) is 62.1 Å². The molecule has 0 atom stereocenters. The van der Waals surface area contributed by atoms with Crippen molar-refractivity contribution in [2.75, 3.05) is 202 Å². The summed E-state index contributed by atoms with van der Waals surface area (Å²) < 4.78 is 38.6. The number of hydrogen-bond donors (Lipinski definition) is 8. The van der Waals surface area contributed by atoms with E-state index in [0.29, 0.717) is 73.3 Å². The van der Waals surface area contributed by atoms with Crippen LogP contribution in [0.1, 0.15) is 111 Å². The number of carbonyl (C=O) groups excluding carboxylic acids is 11. The molecule has 7 rings (SSSR count). The molecule has 6 aromatic rings. The van der Waals surface area contributed by atoms with Crippen molar-refractivity contribution in [3.05, 3.63) is 183 Å². The zero-order valence-corrected chi connectivity index (χ0v) is 70.2. The minimum atomic E-state index is -0.586. The highest BCUT2D eigenvalue weighted by Crippen LogP contribution is 2.34. The fourth-order valence-electron chi connectivity index (χ4n) is 12.7. The van der Waals surface area contributed by atoms with Crippen molar-refractivity contribution in [2.24, 2.45) is 0 Å². The quantitative estimate of drug-likeness (QED) is 0.00650. The van der Waals surface area contributed by atoms with Crippen LogP contribution in [-0.2, 0) is 52.6 Å². The number of ether oxygens (including phenoxy) is 7. The van der Waals surface area contributed by atoms with Gasteiger partial charge in [-0.2, -0.15) is 0 Å². The minimum Gasteiger partial charge on any atom is -0.493 e. The van der Waals surface area contributed by atoms with Crippen molar-refractivity contribution in [3.63, 3.8) is 0 Å². The maximum Gasteiger partial charge on any atom is 0.308 e. The Hall–Kier alpha value is -11.5. The van der Waals surface area contributed by atoms with Gasteiger partial charge in [0.25, 0.3) is 17.7 Å². The highest BCUT2D eigenvalue weighted by atomic mass is 16.7. The smallest absolute Gasteiger partial charge is 0.308 e. The van der Waals surface area contributed by atoms with E-state index in [1.165, 1.54) is 26.8 Å². The molecule has 6 aromatic carbocycles. The molecule has 0 bridgehead atoms. The maximum atomic E-state index is 13.8. The summed E-state index contributed by atoms with van der Waals surface area (Å²) in [6.45, 7) is 12.6. The van der Waals surface area contributed by atoms with Crippen molar-refractivity contribution >= 4 is 76.5 Å². The fraction of sp³-hybridized carbons (Fsp3) is 0.448. The lowest BCUT2D eigenvalue weighted by Gasteiger charge is -2.33. The van der Waals surface area contributed by atoms with E-state index in [1.54, 1.807) is 69.3 Å². The number of esters is 3. The Balaban J connectivity index is 0.871. The van der Waals surface area contributed by atoms with Crippen LogP contribution < -0.4 is 71.3 Å². The van der Waals surface area contributed by atoms with E-state index in [1.807, 2.05) is 59.9 Å². The lowest BCUT2D eigenvalue weighted by Crippen LogP contribution is -2.52. The second-order valence-corrected chi connectivity index (χ2v) is 28.9. The number of carbonyl (C=O) groups is 11. The molecule has 119 heavy (non-hydrogen) atoms. The first-order chi connectivity index (χ1) is 57.2. The van der Waals surface area contributed by atoms with Crippen LogP contribution in [0.3, 0.4) is 0 Å². The molecule has 1 heterocycles. The topological polar surface area (TPSA) is 368 Å². The van der Waals surface area contributed by atoms with E-state index in [9.17, 15) is 52.7 Å². The number of nitrogens with zero attached hydrogens (tertiary/aromatic N) is 6. The lowest BCUT2D eigenvalue weighted by atomic mass is 9.85. The van der Waals surface area contributed by atoms with Gasteiger partial charge in [-0.1, -0.05) is 24.3 Å². The number of aryl methyl sites for hydroxylation is 1. The lowest BCUT2D eigenvalue weighted by molar-refractivity contribution is -0.132. The number of para-hydroxylation sites is 1. The third-order valence-electron chi connectivity index (χ3n) is 19.1. The number of amides is 8.